The second-order valence-electron chi connectivity index (χ2n) is 4.60. The molecule has 0 bridgehead atoms. The summed E-state index contributed by atoms with van der Waals surface area (Å²) in [4.78, 5) is 9.02. The van der Waals surface area contributed by atoms with Crippen molar-refractivity contribution in [1.29, 1.82) is 0 Å². The van der Waals surface area contributed by atoms with Gasteiger partial charge >= 0.3 is 0 Å². The molecule has 0 saturated carbocycles. The van der Waals surface area contributed by atoms with Crippen molar-refractivity contribution >= 4 is 21.6 Å². The molecule has 0 radical (unpaired) electrons. The Balaban J connectivity index is 2.02. The summed E-state index contributed by atoms with van der Waals surface area (Å²) in [6, 6.07) is 2.73. The number of rotatable bonds is 3. The Bertz CT molecular complexity index is 361. The number of halogens is 1. The van der Waals surface area contributed by atoms with Crippen LogP contribution in [0, 0.1) is 0 Å². The normalized spacial score (nSPS) is 18.3. The first-order valence-corrected chi connectivity index (χ1v) is 7.06. The van der Waals surface area contributed by atoms with E-state index in [4.69, 9.17) is 0 Å². The van der Waals surface area contributed by atoms with Gasteiger partial charge in [-0.3, -0.25) is 4.98 Å². The second kappa shape index (κ2) is 5.83. The fourth-order valence-electron chi connectivity index (χ4n) is 2.47. The predicted molar refractivity (Wildman–Crippen MR) is 75.5 cm³/mol. The van der Waals surface area contributed by atoms with Crippen molar-refractivity contribution in [3.05, 3.63) is 22.9 Å². The average molecular weight is 298 g/mol. The first-order valence-electron chi connectivity index (χ1n) is 6.27. The molecule has 4 heteroatoms. The summed E-state index contributed by atoms with van der Waals surface area (Å²) in [5.41, 5.74) is 1.25. The number of hydrogen-bond donors (Lipinski definition) is 0. The first-order chi connectivity index (χ1) is 8.22. The molecule has 0 N–H and O–H groups in total. The number of anilines is 1. The van der Waals surface area contributed by atoms with Crippen molar-refractivity contribution in [2.24, 2.45) is 0 Å². The topological polar surface area (TPSA) is 19.4 Å². The lowest BCUT2D eigenvalue weighted by molar-refractivity contribution is 0.221. The number of likely N-dealkylation sites (tertiary alicyclic amines) is 1. The van der Waals surface area contributed by atoms with E-state index >= 15 is 0 Å². The molecule has 1 aromatic heterocycles. The van der Waals surface area contributed by atoms with Gasteiger partial charge in [-0.1, -0.05) is 6.92 Å². The van der Waals surface area contributed by atoms with Gasteiger partial charge in [0.25, 0.3) is 0 Å². The maximum absolute atomic E-state index is 4.12. The number of nitrogens with zero attached hydrogens (tertiary/aromatic N) is 3. The Morgan fingerprint density at radius 2 is 2.18 bits per heavy atom. The zero-order valence-corrected chi connectivity index (χ0v) is 12.2. The lowest BCUT2D eigenvalue weighted by atomic mass is 10.0. The van der Waals surface area contributed by atoms with Crippen molar-refractivity contribution in [1.82, 2.24) is 9.88 Å². The molecular formula is C13H20BrN3. The fraction of sp³-hybridized carbons (Fsp3) is 0.615. The minimum absolute atomic E-state index is 0.650. The molecule has 0 spiro atoms. The molecule has 1 saturated heterocycles. The zero-order chi connectivity index (χ0) is 12.3. The molecule has 0 aliphatic carbocycles. The minimum Gasteiger partial charge on any atom is -0.371 e. The highest BCUT2D eigenvalue weighted by Crippen LogP contribution is 2.28. The monoisotopic (exact) mass is 297 g/mol. The lowest BCUT2D eigenvalue weighted by Gasteiger charge is -2.37. The molecule has 1 aromatic rings. The molecule has 3 nitrogen and oxygen atoms in total. The molecule has 2 heterocycles. The van der Waals surface area contributed by atoms with Crippen LogP contribution >= 0.6 is 15.9 Å². The van der Waals surface area contributed by atoms with Gasteiger partial charge in [0.05, 0.1) is 10.2 Å². The summed E-state index contributed by atoms with van der Waals surface area (Å²) < 4.78 is 1.08. The maximum atomic E-state index is 4.12. The number of aromatic nitrogens is 1. The van der Waals surface area contributed by atoms with Crippen molar-refractivity contribution in [3.63, 3.8) is 0 Å². The summed E-state index contributed by atoms with van der Waals surface area (Å²) in [5.74, 6) is 0. The van der Waals surface area contributed by atoms with E-state index in [2.05, 4.69) is 50.8 Å². The summed E-state index contributed by atoms with van der Waals surface area (Å²) in [6.45, 7) is 5.85. The van der Waals surface area contributed by atoms with E-state index in [0.29, 0.717) is 6.04 Å². The SMILES string of the molecule is CCN1CCC(N(C)c2ccncc2Br)CC1. The van der Waals surface area contributed by atoms with Gasteiger partial charge in [0.15, 0.2) is 0 Å². The van der Waals surface area contributed by atoms with Crippen LogP contribution in [0.4, 0.5) is 5.69 Å². The molecule has 0 amide bonds. The van der Waals surface area contributed by atoms with Gasteiger partial charge in [-0.2, -0.15) is 0 Å². The van der Waals surface area contributed by atoms with Gasteiger partial charge in [-0.05, 0) is 41.4 Å². The standard InChI is InChI=1S/C13H20BrN3/c1-3-17-8-5-11(6-9-17)16(2)13-4-7-15-10-12(13)14/h4,7,10-11H,3,5-6,8-9H2,1-2H3. The molecule has 0 atom stereocenters. The molecule has 0 aromatic carbocycles. The number of pyridine rings is 1. The highest BCUT2D eigenvalue weighted by Gasteiger charge is 2.22. The average Bonchev–Trinajstić information content (AvgIpc) is 2.39. The zero-order valence-electron chi connectivity index (χ0n) is 10.6. The number of piperidine rings is 1. The van der Waals surface area contributed by atoms with Crippen LogP contribution in [0.15, 0.2) is 22.9 Å². The Morgan fingerprint density at radius 1 is 1.47 bits per heavy atom. The molecule has 2 rings (SSSR count). The van der Waals surface area contributed by atoms with Gasteiger partial charge < -0.3 is 9.80 Å². The van der Waals surface area contributed by atoms with Crippen LogP contribution in [0.25, 0.3) is 0 Å². The Labute approximate surface area is 112 Å². The summed E-state index contributed by atoms with van der Waals surface area (Å²) in [5, 5.41) is 0. The van der Waals surface area contributed by atoms with Crippen LogP contribution in [0.1, 0.15) is 19.8 Å². The minimum atomic E-state index is 0.650. The molecule has 1 aliphatic rings. The quantitative estimate of drug-likeness (QED) is 0.855. The first kappa shape index (κ1) is 12.8. The van der Waals surface area contributed by atoms with E-state index in [9.17, 15) is 0 Å². The third-order valence-electron chi connectivity index (χ3n) is 3.68. The number of hydrogen-bond acceptors (Lipinski definition) is 3. The van der Waals surface area contributed by atoms with Crippen LogP contribution in [0.5, 0.6) is 0 Å². The molecule has 1 aliphatic heterocycles. The lowest BCUT2D eigenvalue weighted by Crippen LogP contribution is -2.43. The molecule has 1 fully saturated rings. The van der Waals surface area contributed by atoms with E-state index in [1.165, 1.54) is 38.2 Å². The fourth-order valence-corrected chi connectivity index (χ4v) is 3.00. The highest BCUT2D eigenvalue weighted by molar-refractivity contribution is 9.10. The summed E-state index contributed by atoms with van der Waals surface area (Å²) in [7, 11) is 2.19. The summed E-state index contributed by atoms with van der Waals surface area (Å²) in [6.07, 6.45) is 6.23. The van der Waals surface area contributed by atoms with Crippen molar-refractivity contribution in [3.8, 4) is 0 Å². The maximum Gasteiger partial charge on any atom is 0.0592 e. The van der Waals surface area contributed by atoms with Crippen LogP contribution < -0.4 is 4.90 Å². The van der Waals surface area contributed by atoms with Gasteiger partial charge in [0.1, 0.15) is 0 Å². The third-order valence-corrected chi connectivity index (χ3v) is 4.29. The second-order valence-corrected chi connectivity index (χ2v) is 5.46. The Hall–Kier alpha value is -0.610. The Morgan fingerprint density at radius 3 is 2.76 bits per heavy atom. The van der Waals surface area contributed by atoms with Crippen LogP contribution in [-0.2, 0) is 0 Å². The van der Waals surface area contributed by atoms with E-state index in [1.54, 1.807) is 0 Å². The van der Waals surface area contributed by atoms with Crippen molar-refractivity contribution in [2.45, 2.75) is 25.8 Å². The molecule has 94 valence electrons. The van der Waals surface area contributed by atoms with Crippen molar-refractivity contribution in [2.75, 3.05) is 31.6 Å². The van der Waals surface area contributed by atoms with Crippen LogP contribution in [-0.4, -0.2) is 42.6 Å². The predicted octanol–water partition coefficient (Wildman–Crippen LogP) is 2.76. The van der Waals surface area contributed by atoms with Gasteiger partial charge in [0.2, 0.25) is 0 Å². The third kappa shape index (κ3) is 2.99. The van der Waals surface area contributed by atoms with Crippen LogP contribution in [0.3, 0.4) is 0 Å². The molecular weight excluding hydrogens is 278 g/mol. The Kier molecular flexibility index (Phi) is 4.40. The molecule has 17 heavy (non-hydrogen) atoms. The summed E-state index contributed by atoms with van der Waals surface area (Å²) >= 11 is 3.57. The highest BCUT2D eigenvalue weighted by atomic mass is 79.9. The van der Waals surface area contributed by atoms with E-state index < -0.39 is 0 Å². The molecule has 0 unspecified atom stereocenters. The van der Waals surface area contributed by atoms with Crippen molar-refractivity contribution < 1.29 is 0 Å². The van der Waals surface area contributed by atoms with E-state index in [1.807, 2.05) is 12.4 Å². The van der Waals surface area contributed by atoms with Gasteiger partial charge in [0, 0.05) is 38.6 Å². The van der Waals surface area contributed by atoms with Gasteiger partial charge in [-0.15, -0.1) is 0 Å². The smallest absolute Gasteiger partial charge is 0.0592 e. The van der Waals surface area contributed by atoms with Crippen LogP contribution in [0.2, 0.25) is 0 Å². The van der Waals surface area contributed by atoms with E-state index in [0.717, 1.165) is 4.47 Å². The van der Waals surface area contributed by atoms with Gasteiger partial charge in [-0.25, -0.2) is 0 Å². The van der Waals surface area contributed by atoms with E-state index in [-0.39, 0.29) is 0 Å². The largest absolute Gasteiger partial charge is 0.371 e.